The van der Waals surface area contributed by atoms with E-state index in [1.807, 2.05) is 11.1 Å². The van der Waals surface area contributed by atoms with Gasteiger partial charge >= 0.3 is 0 Å². The second-order valence-electron chi connectivity index (χ2n) is 0.516. The Hall–Kier alpha value is 0.700. The second-order valence-corrected chi connectivity index (χ2v) is 1.69. The van der Waals surface area contributed by atoms with Crippen LogP contribution in [-0.2, 0) is 0 Å². The normalized spacial score (nSPS) is 10.0. The maximum absolute atomic E-state index is 3.19. The van der Waals surface area contributed by atoms with Gasteiger partial charge in [0.25, 0.3) is 0 Å². The number of allylic oxidation sites excluding steroid dienone is 1. The Bertz CT molecular complexity index is 31.9. The molecule has 0 fully saturated rings. The largest absolute Gasteiger partial charge is 0.0883 e. The molecule has 5 heavy (non-hydrogen) atoms. The molecule has 0 aliphatic carbocycles. The minimum absolute atomic E-state index is 0.929. The third-order valence-electron chi connectivity index (χ3n) is 0.178. The molecule has 0 nitrogen and oxygen atoms in total. The molecule has 0 saturated heterocycles. The van der Waals surface area contributed by atoms with Gasteiger partial charge in [-0.2, -0.15) is 0 Å². The summed E-state index contributed by atoms with van der Waals surface area (Å²) in [6.07, 6.45) is 1.96. The minimum Gasteiger partial charge on any atom is -0.0883 e. The van der Waals surface area contributed by atoms with E-state index in [0.717, 1.165) is 5.33 Å². The molecule has 0 saturated carbocycles. The Morgan fingerprint density at radius 2 is 2.20 bits per heavy atom. The van der Waals surface area contributed by atoms with E-state index in [1.54, 1.807) is 0 Å². The topological polar surface area (TPSA) is 0 Å². The van der Waals surface area contributed by atoms with Crippen LogP contribution in [0.15, 0.2) is 11.1 Å². The Morgan fingerprint density at radius 3 is 2.20 bits per heavy atom. The van der Waals surface area contributed by atoms with Gasteiger partial charge in [0.05, 0.1) is 0 Å². The third-order valence-corrected chi connectivity index (χ3v) is 0.926. The number of hydrogen-bond acceptors (Lipinski definition) is 0. The molecule has 2 heteroatoms. The molecule has 0 aromatic carbocycles. The van der Waals surface area contributed by atoms with Crippen molar-refractivity contribution in [3.05, 3.63) is 11.1 Å². The van der Waals surface area contributed by atoms with Gasteiger partial charge in [-0.3, -0.25) is 0 Å². The van der Waals surface area contributed by atoms with Crippen LogP contribution in [0, 0.1) is 0 Å². The monoisotopic (exact) mass is 198 g/mol. The average Bonchev–Trinajstić information content (AvgIpc) is 1.41. The molecule has 30 valence electrons. The molecule has 0 spiro atoms. The smallest absolute Gasteiger partial charge is 0.0220 e. The van der Waals surface area contributed by atoms with Gasteiger partial charge in [-0.05, 0) is 4.99 Å². The van der Waals surface area contributed by atoms with Crippen LogP contribution in [0.3, 0.4) is 0 Å². The molecule has 0 aliphatic rings. The van der Waals surface area contributed by atoms with Crippen molar-refractivity contribution < 1.29 is 0 Å². The summed E-state index contributed by atoms with van der Waals surface area (Å²) >= 11 is 6.29. The lowest BCUT2D eigenvalue weighted by molar-refractivity contribution is 1.86. The Morgan fingerprint density at radius 1 is 1.60 bits per heavy atom. The molecule has 0 unspecified atom stereocenters. The summed E-state index contributed by atoms with van der Waals surface area (Å²) in [5.41, 5.74) is 0. The quantitative estimate of drug-likeness (QED) is 0.569. The van der Waals surface area contributed by atoms with Crippen LogP contribution in [0.25, 0.3) is 0 Å². The van der Waals surface area contributed by atoms with Gasteiger partial charge < -0.3 is 0 Å². The maximum Gasteiger partial charge on any atom is 0.0220 e. The zero-order valence-corrected chi connectivity index (χ0v) is 5.79. The lowest BCUT2D eigenvalue weighted by Crippen LogP contribution is -1.47. The molecule has 0 N–H and O–H groups in total. The highest BCUT2D eigenvalue weighted by Gasteiger charge is 1.55. The molecule has 0 bridgehead atoms. The Kier molecular flexibility index (Phi) is 5.36. The third kappa shape index (κ3) is 4.70. The van der Waals surface area contributed by atoms with E-state index >= 15 is 0 Å². The van der Waals surface area contributed by atoms with Crippen LogP contribution in [-0.4, -0.2) is 5.33 Å². The summed E-state index contributed by atoms with van der Waals surface area (Å²) in [6, 6.07) is 0. The molecule has 0 rings (SSSR count). The summed E-state index contributed by atoms with van der Waals surface area (Å²) in [5.74, 6) is 0. The highest BCUT2D eigenvalue weighted by Crippen LogP contribution is 1.85. The van der Waals surface area contributed by atoms with Crippen molar-refractivity contribution in [1.82, 2.24) is 0 Å². The fourth-order valence-corrected chi connectivity index (χ4v) is 0.909. The molecular weight excluding hydrogens is 196 g/mol. The lowest BCUT2D eigenvalue weighted by atomic mass is 10.8. The second kappa shape index (κ2) is 4.70. The van der Waals surface area contributed by atoms with Crippen molar-refractivity contribution in [2.24, 2.45) is 0 Å². The zero-order chi connectivity index (χ0) is 4.12. The van der Waals surface area contributed by atoms with Gasteiger partial charge in [0, 0.05) is 5.33 Å². The molecular formula is C3H4Br2. The first-order chi connectivity index (χ1) is 2.41. The standard InChI is InChI=1S/C3H4Br2/c4-2-1-3-5/h1-2H,3H2/b2-1-. The number of halogens is 2. The first kappa shape index (κ1) is 5.70. The fraction of sp³-hybridized carbons (Fsp3) is 0.333. The van der Waals surface area contributed by atoms with Crippen LogP contribution in [0.2, 0.25) is 0 Å². The molecule has 0 aromatic rings. The predicted molar refractivity (Wildman–Crippen MR) is 31.9 cm³/mol. The zero-order valence-electron chi connectivity index (χ0n) is 2.62. The number of hydrogen-bond donors (Lipinski definition) is 0. The molecule has 0 aromatic heterocycles. The van der Waals surface area contributed by atoms with E-state index in [4.69, 9.17) is 0 Å². The van der Waals surface area contributed by atoms with E-state index in [1.165, 1.54) is 0 Å². The van der Waals surface area contributed by atoms with E-state index in [2.05, 4.69) is 31.9 Å². The number of rotatable bonds is 1. The van der Waals surface area contributed by atoms with Gasteiger partial charge in [-0.25, -0.2) is 0 Å². The first-order valence-electron chi connectivity index (χ1n) is 1.23. The minimum atomic E-state index is 0.929. The van der Waals surface area contributed by atoms with Crippen LogP contribution in [0.5, 0.6) is 0 Å². The van der Waals surface area contributed by atoms with Gasteiger partial charge in [0.2, 0.25) is 0 Å². The lowest BCUT2D eigenvalue weighted by Gasteiger charge is -1.61. The van der Waals surface area contributed by atoms with E-state index < -0.39 is 0 Å². The molecule has 0 atom stereocenters. The van der Waals surface area contributed by atoms with Crippen LogP contribution >= 0.6 is 31.9 Å². The van der Waals surface area contributed by atoms with Crippen molar-refractivity contribution in [1.29, 1.82) is 0 Å². The Labute approximate surface area is 48.5 Å². The number of alkyl halides is 1. The van der Waals surface area contributed by atoms with Crippen LogP contribution < -0.4 is 0 Å². The molecule has 0 aliphatic heterocycles. The highest BCUT2D eigenvalue weighted by atomic mass is 79.9. The van der Waals surface area contributed by atoms with Crippen molar-refractivity contribution >= 4 is 31.9 Å². The molecule has 0 radical (unpaired) electrons. The van der Waals surface area contributed by atoms with Crippen LogP contribution in [0.4, 0.5) is 0 Å². The average molecular weight is 200 g/mol. The van der Waals surface area contributed by atoms with E-state index in [9.17, 15) is 0 Å². The first-order valence-corrected chi connectivity index (χ1v) is 3.26. The predicted octanol–water partition coefficient (Wildman–Crippen LogP) is 2.29. The summed E-state index contributed by atoms with van der Waals surface area (Å²) in [7, 11) is 0. The van der Waals surface area contributed by atoms with Crippen molar-refractivity contribution in [3.63, 3.8) is 0 Å². The van der Waals surface area contributed by atoms with E-state index in [-0.39, 0.29) is 0 Å². The highest BCUT2D eigenvalue weighted by molar-refractivity contribution is 9.11. The SMILES string of the molecule is Br/C=C\CBr. The van der Waals surface area contributed by atoms with Crippen molar-refractivity contribution in [2.75, 3.05) is 5.33 Å². The summed E-state index contributed by atoms with van der Waals surface area (Å²) in [5, 5.41) is 0.929. The summed E-state index contributed by atoms with van der Waals surface area (Å²) in [6.45, 7) is 0. The van der Waals surface area contributed by atoms with Gasteiger partial charge in [-0.15, -0.1) is 0 Å². The Balaban J connectivity index is 2.62. The maximum atomic E-state index is 3.19. The molecule has 0 heterocycles. The fourth-order valence-electron chi connectivity index (χ4n) is 0.0337. The van der Waals surface area contributed by atoms with Gasteiger partial charge in [-0.1, -0.05) is 37.9 Å². The van der Waals surface area contributed by atoms with Gasteiger partial charge in [0.1, 0.15) is 0 Å². The van der Waals surface area contributed by atoms with Crippen molar-refractivity contribution in [2.45, 2.75) is 0 Å². The van der Waals surface area contributed by atoms with Gasteiger partial charge in [0.15, 0.2) is 0 Å². The summed E-state index contributed by atoms with van der Waals surface area (Å²) < 4.78 is 0. The summed E-state index contributed by atoms with van der Waals surface area (Å²) in [4.78, 5) is 1.82. The molecule has 0 amide bonds. The van der Waals surface area contributed by atoms with E-state index in [0.29, 0.717) is 0 Å². The van der Waals surface area contributed by atoms with Crippen molar-refractivity contribution in [3.8, 4) is 0 Å². The van der Waals surface area contributed by atoms with Crippen LogP contribution in [0.1, 0.15) is 0 Å².